The van der Waals surface area contributed by atoms with Gasteiger partial charge >= 0.3 is 0 Å². The number of fused-ring (bicyclic) bond motifs is 3. The Morgan fingerprint density at radius 3 is 2.80 bits per heavy atom. The Labute approximate surface area is 96.2 Å². The van der Waals surface area contributed by atoms with Crippen molar-refractivity contribution < 1.29 is 0 Å². The van der Waals surface area contributed by atoms with E-state index in [4.69, 9.17) is 0 Å². The van der Waals surface area contributed by atoms with Gasteiger partial charge in [-0.15, -0.1) is 0 Å². The molecule has 0 saturated heterocycles. The van der Waals surface area contributed by atoms with Gasteiger partial charge in [-0.1, -0.05) is 28.1 Å². The van der Waals surface area contributed by atoms with Crippen LogP contribution < -0.4 is 0 Å². The molecule has 2 aromatic carbocycles. The first-order valence-electron chi connectivity index (χ1n) is 4.92. The Morgan fingerprint density at radius 1 is 1.07 bits per heavy atom. The molecule has 2 heteroatoms. The van der Waals surface area contributed by atoms with Gasteiger partial charge in [0.15, 0.2) is 0 Å². The molecule has 74 valence electrons. The molecule has 3 rings (SSSR count). The second kappa shape index (κ2) is 3.11. The van der Waals surface area contributed by atoms with Crippen molar-refractivity contribution >= 4 is 37.7 Å². The summed E-state index contributed by atoms with van der Waals surface area (Å²) in [6.07, 6.45) is 0. The average molecular weight is 260 g/mol. The zero-order chi connectivity index (χ0) is 10.4. The highest BCUT2D eigenvalue weighted by molar-refractivity contribution is 9.10. The SMILES string of the molecule is Cc1cccc2[nH]c3ccc(Br)cc3c12. The molecular formula is C13H10BrN. The van der Waals surface area contributed by atoms with Crippen LogP contribution in [0.5, 0.6) is 0 Å². The van der Waals surface area contributed by atoms with Crippen molar-refractivity contribution in [3.8, 4) is 0 Å². The molecule has 1 aromatic heterocycles. The highest BCUT2D eigenvalue weighted by Gasteiger charge is 2.05. The van der Waals surface area contributed by atoms with Gasteiger partial charge in [0.1, 0.15) is 0 Å². The maximum atomic E-state index is 3.51. The summed E-state index contributed by atoms with van der Waals surface area (Å²) in [5.41, 5.74) is 3.72. The molecule has 1 N–H and O–H groups in total. The largest absolute Gasteiger partial charge is 0.355 e. The number of aryl methyl sites for hydroxylation is 1. The lowest BCUT2D eigenvalue weighted by molar-refractivity contribution is 1.51. The molecule has 3 aromatic rings. The fourth-order valence-electron chi connectivity index (χ4n) is 2.11. The van der Waals surface area contributed by atoms with E-state index < -0.39 is 0 Å². The van der Waals surface area contributed by atoms with Gasteiger partial charge in [-0.25, -0.2) is 0 Å². The molecule has 0 aliphatic rings. The Kier molecular flexibility index (Phi) is 1.86. The molecule has 0 aliphatic heterocycles. The first kappa shape index (κ1) is 8.98. The third kappa shape index (κ3) is 1.29. The Morgan fingerprint density at radius 2 is 1.93 bits per heavy atom. The zero-order valence-corrected chi connectivity index (χ0v) is 9.93. The summed E-state index contributed by atoms with van der Waals surface area (Å²) in [7, 11) is 0. The number of benzene rings is 2. The van der Waals surface area contributed by atoms with Crippen molar-refractivity contribution in [3.63, 3.8) is 0 Å². The number of halogens is 1. The molecule has 1 nitrogen and oxygen atoms in total. The van der Waals surface area contributed by atoms with Crippen LogP contribution in [-0.4, -0.2) is 4.98 Å². The van der Waals surface area contributed by atoms with Crippen molar-refractivity contribution in [1.82, 2.24) is 4.98 Å². The smallest absolute Gasteiger partial charge is 0.0467 e. The van der Waals surface area contributed by atoms with E-state index in [1.807, 2.05) is 0 Å². The zero-order valence-electron chi connectivity index (χ0n) is 8.34. The van der Waals surface area contributed by atoms with Crippen LogP contribution in [0.2, 0.25) is 0 Å². The predicted molar refractivity (Wildman–Crippen MR) is 68.2 cm³/mol. The summed E-state index contributed by atoms with van der Waals surface area (Å²) in [6, 6.07) is 12.7. The molecule has 15 heavy (non-hydrogen) atoms. The van der Waals surface area contributed by atoms with Crippen molar-refractivity contribution in [1.29, 1.82) is 0 Å². The molecule has 0 radical (unpaired) electrons. The summed E-state index contributed by atoms with van der Waals surface area (Å²) in [6.45, 7) is 2.15. The van der Waals surface area contributed by atoms with E-state index in [0.29, 0.717) is 0 Å². The number of H-pyrrole nitrogens is 1. The molecule has 0 atom stereocenters. The number of aromatic nitrogens is 1. The van der Waals surface area contributed by atoms with Crippen LogP contribution in [-0.2, 0) is 0 Å². The number of nitrogens with one attached hydrogen (secondary N) is 1. The fraction of sp³-hybridized carbons (Fsp3) is 0.0769. The number of rotatable bonds is 0. The molecular weight excluding hydrogens is 250 g/mol. The van der Waals surface area contributed by atoms with Gasteiger partial charge in [-0.3, -0.25) is 0 Å². The molecule has 1 heterocycles. The standard InChI is InChI=1S/C13H10BrN/c1-8-3-2-4-12-13(8)10-7-9(14)5-6-11(10)15-12/h2-7,15H,1H3. The van der Waals surface area contributed by atoms with E-state index >= 15 is 0 Å². The molecule has 0 amide bonds. The summed E-state index contributed by atoms with van der Waals surface area (Å²) in [4.78, 5) is 3.43. The highest BCUT2D eigenvalue weighted by Crippen LogP contribution is 2.29. The van der Waals surface area contributed by atoms with Gasteiger partial charge in [0.25, 0.3) is 0 Å². The highest BCUT2D eigenvalue weighted by atomic mass is 79.9. The summed E-state index contributed by atoms with van der Waals surface area (Å²) < 4.78 is 1.12. The van der Waals surface area contributed by atoms with Crippen LogP contribution in [0.25, 0.3) is 21.8 Å². The van der Waals surface area contributed by atoms with Crippen LogP contribution in [0.3, 0.4) is 0 Å². The Hall–Kier alpha value is -1.28. The van der Waals surface area contributed by atoms with Crippen molar-refractivity contribution in [2.24, 2.45) is 0 Å². The lowest BCUT2D eigenvalue weighted by Gasteiger charge is -1.96. The number of hydrogen-bond donors (Lipinski definition) is 1. The monoisotopic (exact) mass is 259 g/mol. The topological polar surface area (TPSA) is 15.8 Å². The fourth-order valence-corrected chi connectivity index (χ4v) is 2.47. The molecule has 0 bridgehead atoms. The summed E-state index contributed by atoms with van der Waals surface area (Å²) in [5.74, 6) is 0. The van der Waals surface area contributed by atoms with E-state index in [2.05, 4.69) is 64.2 Å². The maximum absolute atomic E-state index is 3.51. The van der Waals surface area contributed by atoms with Gasteiger partial charge in [-0.05, 0) is 36.8 Å². The quantitative estimate of drug-likeness (QED) is 0.617. The average Bonchev–Trinajstić information content (AvgIpc) is 2.57. The lowest BCUT2D eigenvalue weighted by Crippen LogP contribution is -1.73. The van der Waals surface area contributed by atoms with E-state index in [-0.39, 0.29) is 0 Å². The Bertz CT molecular complexity index is 652. The minimum atomic E-state index is 1.12. The van der Waals surface area contributed by atoms with E-state index in [0.717, 1.165) is 4.47 Å². The third-order valence-electron chi connectivity index (χ3n) is 2.79. The van der Waals surface area contributed by atoms with Crippen molar-refractivity contribution in [2.75, 3.05) is 0 Å². The summed E-state index contributed by atoms with van der Waals surface area (Å²) >= 11 is 3.51. The van der Waals surface area contributed by atoms with E-state index in [1.54, 1.807) is 0 Å². The second-order valence-electron chi connectivity index (χ2n) is 3.81. The van der Waals surface area contributed by atoms with Crippen LogP contribution in [0.1, 0.15) is 5.56 Å². The second-order valence-corrected chi connectivity index (χ2v) is 4.73. The number of aromatic amines is 1. The maximum Gasteiger partial charge on any atom is 0.0467 e. The van der Waals surface area contributed by atoms with Crippen LogP contribution in [0.15, 0.2) is 40.9 Å². The first-order valence-corrected chi connectivity index (χ1v) is 5.71. The lowest BCUT2D eigenvalue weighted by atomic mass is 10.1. The number of hydrogen-bond acceptors (Lipinski definition) is 0. The molecule has 0 fully saturated rings. The van der Waals surface area contributed by atoms with Crippen LogP contribution >= 0.6 is 15.9 Å². The van der Waals surface area contributed by atoms with Crippen molar-refractivity contribution in [2.45, 2.75) is 6.92 Å². The van der Waals surface area contributed by atoms with Gasteiger partial charge < -0.3 is 4.98 Å². The minimum absolute atomic E-state index is 1.12. The third-order valence-corrected chi connectivity index (χ3v) is 3.29. The first-order chi connectivity index (χ1) is 7.25. The van der Waals surface area contributed by atoms with Crippen LogP contribution in [0.4, 0.5) is 0 Å². The van der Waals surface area contributed by atoms with Crippen LogP contribution in [0, 0.1) is 6.92 Å². The Balaban J connectivity index is 2.61. The van der Waals surface area contributed by atoms with E-state index in [9.17, 15) is 0 Å². The van der Waals surface area contributed by atoms with E-state index in [1.165, 1.54) is 27.4 Å². The van der Waals surface area contributed by atoms with Gasteiger partial charge in [-0.2, -0.15) is 0 Å². The molecule has 0 aliphatic carbocycles. The van der Waals surface area contributed by atoms with Crippen molar-refractivity contribution in [3.05, 3.63) is 46.4 Å². The predicted octanol–water partition coefficient (Wildman–Crippen LogP) is 4.39. The molecule has 0 spiro atoms. The molecule has 0 unspecified atom stereocenters. The van der Waals surface area contributed by atoms with Gasteiger partial charge in [0.05, 0.1) is 0 Å². The van der Waals surface area contributed by atoms with Gasteiger partial charge in [0.2, 0.25) is 0 Å². The summed E-state index contributed by atoms with van der Waals surface area (Å²) in [5, 5.41) is 2.62. The normalized spacial score (nSPS) is 11.3. The minimum Gasteiger partial charge on any atom is -0.355 e. The molecule has 0 saturated carbocycles. The van der Waals surface area contributed by atoms with Gasteiger partial charge in [0, 0.05) is 26.3 Å².